The maximum atomic E-state index is 11.8. The normalized spacial score (nSPS) is 19.6. The predicted octanol–water partition coefficient (Wildman–Crippen LogP) is 1.84. The molecule has 2 aliphatic rings. The Kier molecular flexibility index (Phi) is 2.36. The zero-order valence-electron chi connectivity index (χ0n) is 9.52. The summed E-state index contributed by atoms with van der Waals surface area (Å²) in [6, 6.07) is 0. The van der Waals surface area contributed by atoms with Crippen LogP contribution in [0.2, 0.25) is 0 Å². The zero-order valence-corrected chi connectivity index (χ0v) is 10.3. The van der Waals surface area contributed by atoms with Crippen LogP contribution in [0, 0.1) is 0 Å². The number of imide groups is 1. The number of aryl methyl sites for hydroxylation is 2. The van der Waals surface area contributed by atoms with Gasteiger partial charge in [0.25, 0.3) is 11.8 Å². The van der Waals surface area contributed by atoms with Crippen molar-refractivity contribution in [3.63, 3.8) is 0 Å². The second-order valence-corrected chi connectivity index (χ2v) is 5.44. The smallest absolute Gasteiger partial charge is 0.263 e. The number of hydrogen-bond donors (Lipinski definition) is 0. The summed E-state index contributed by atoms with van der Waals surface area (Å²) in [6.45, 7) is 1.66. The average Bonchev–Trinajstić information content (AvgIpc) is 2.81. The first-order valence-electron chi connectivity index (χ1n) is 5.72. The van der Waals surface area contributed by atoms with Gasteiger partial charge in [0, 0.05) is 16.5 Å². The van der Waals surface area contributed by atoms with E-state index in [0.29, 0.717) is 10.7 Å². The van der Waals surface area contributed by atoms with E-state index < -0.39 is 0 Å². The Bertz CT molecular complexity index is 521. The first kappa shape index (κ1) is 10.7. The van der Waals surface area contributed by atoms with Gasteiger partial charge in [0.05, 0.1) is 5.69 Å². The van der Waals surface area contributed by atoms with Crippen LogP contribution in [0.1, 0.15) is 30.3 Å². The third-order valence-corrected chi connectivity index (χ3v) is 4.27. The zero-order chi connectivity index (χ0) is 12.0. The Hall–Kier alpha value is -1.49. The minimum absolute atomic E-state index is 0.235. The third kappa shape index (κ3) is 1.61. The van der Waals surface area contributed by atoms with Crippen molar-refractivity contribution in [2.24, 2.45) is 0 Å². The molecule has 2 amide bonds. The molecule has 0 atom stereocenters. The maximum absolute atomic E-state index is 11.8. The summed E-state index contributed by atoms with van der Waals surface area (Å²) in [5, 5.41) is 0.542. The summed E-state index contributed by atoms with van der Waals surface area (Å²) in [7, 11) is 0. The molecule has 0 N–H and O–H groups in total. The number of aromatic nitrogens is 1. The number of amides is 2. The fraction of sp³-hybridized carbons (Fsp3) is 0.417. The monoisotopic (exact) mass is 248 g/mol. The van der Waals surface area contributed by atoms with E-state index in [1.165, 1.54) is 33.6 Å². The van der Waals surface area contributed by atoms with Gasteiger partial charge in [-0.15, -0.1) is 11.3 Å². The lowest BCUT2D eigenvalue weighted by Gasteiger charge is -2.09. The molecule has 4 nitrogen and oxygen atoms in total. The van der Waals surface area contributed by atoms with Crippen LogP contribution in [0.3, 0.4) is 0 Å². The summed E-state index contributed by atoms with van der Waals surface area (Å²) >= 11 is 1.48. The standard InChI is InChI=1S/C12H12N2O2S/c1-7-6-10(15)14(11(7)16)12-13-8-4-2-3-5-9(8)17-12/h6H,2-5H2,1H3. The van der Waals surface area contributed by atoms with E-state index >= 15 is 0 Å². The summed E-state index contributed by atoms with van der Waals surface area (Å²) in [6.07, 6.45) is 5.69. The molecule has 88 valence electrons. The number of carbonyl (C=O) groups excluding carboxylic acids is 2. The number of rotatable bonds is 1. The van der Waals surface area contributed by atoms with Crippen LogP contribution in [0.5, 0.6) is 0 Å². The van der Waals surface area contributed by atoms with Gasteiger partial charge in [0.2, 0.25) is 0 Å². The van der Waals surface area contributed by atoms with Crippen LogP contribution in [0.25, 0.3) is 0 Å². The van der Waals surface area contributed by atoms with E-state index in [1.807, 2.05) is 0 Å². The van der Waals surface area contributed by atoms with Gasteiger partial charge in [-0.05, 0) is 32.6 Å². The minimum Gasteiger partial charge on any atom is -0.269 e. The molecule has 0 saturated carbocycles. The summed E-state index contributed by atoms with van der Waals surface area (Å²) in [4.78, 5) is 30.4. The molecule has 1 aliphatic heterocycles. The highest BCUT2D eigenvalue weighted by Gasteiger charge is 2.33. The van der Waals surface area contributed by atoms with Gasteiger partial charge in [-0.3, -0.25) is 9.59 Å². The second kappa shape index (κ2) is 3.77. The predicted molar refractivity (Wildman–Crippen MR) is 65.0 cm³/mol. The fourth-order valence-electron chi connectivity index (χ4n) is 2.20. The summed E-state index contributed by atoms with van der Waals surface area (Å²) in [5.41, 5.74) is 1.56. The van der Waals surface area contributed by atoms with Crippen LogP contribution in [0.15, 0.2) is 11.6 Å². The van der Waals surface area contributed by atoms with Crippen LogP contribution >= 0.6 is 11.3 Å². The van der Waals surface area contributed by atoms with E-state index in [1.54, 1.807) is 6.92 Å². The van der Waals surface area contributed by atoms with Gasteiger partial charge < -0.3 is 0 Å². The minimum atomic E-state index is -0.265. The molecule has 0 radical (unpaired) electrons. The molecule has 1 aromatic rings. The largest absolute Gasteiger partial charge is 0.269 e. The Labute approximate surface area is 103 Å². The Morgan fingerprint density at radius 2 is 2.06 bits per heavy atom. The first-order valence-corrected chi connectivity index (χ1v) is 6.54. The van der Waals surface area contributed by atoms with Crippen molar-refractivity contribution in [1.29, 1.82) is 0 Å². The van der Waals surface area contributed by atoms with Crippen molar-refractivity contribution in [3.8, 4) is 0 Å². The van der Waals surface area contributed by atoms with Crippen molar-refractivity contribution >= 4 is 28.3 Å². The molecule has 3 rings (SSSR count). The van der Waals surface area contributed by atoms with E-state index in [2.05, 4.69) is 4.98 Å². The summed E-state index contributed by atoms with van der Waals surface area (Å²) < 4.78 is 0. The van der Waals surface area contributed by atoms with Gasteiger partial charge in [-0.1, -0.05) is 0 Å². The van der Waals surface area contributed by atoms with Crippen LogP contribution in [-0.4, -0.2) is 16.8 Å². The quantitative estimate of drug-likeness (QED) is 0.712. The highest BCUT2D eigenvalue weighted by Crippen LogP contribution is 2.33. The molecular formula is C12H12N2O2S. The number of thiazole rings is 1. The number of carbonyl (C=O) groups is 2. The number of hydrogen-bond acceptors (Lipinski definition) is 4. The number of nitrogens with zero attached hydrogens (tertiary/aromatic N) is 2. The van der Waals surface area contributed by atoms with Crippen molar-refractivity contribution in [1.82, 2.24) is 4.98 Å². The lowest BCUT2D eigenvalue weighted by Crippen LogP contribution is -2.30. The maximum Gasteiger partial charge on any atom is 0.263 e. The molecule has 0 bridgehead atoms. The lowest BCUT2D eigenvalue weighted by atomic mass is 10.0. The van der Waals surface area contributed by atoms with E-state index in [4.69, 9.17) is 0 Å². The van der Waals surface area contributed by atoms with E-state index in [0.717, 1.165) is 25.0 Å². The highest BCUT2D eigenvalue weighted by molar-refractivity contribution is 7.16. The van der Waals surface area contributed by atoms with Gasteiger partial charge in [-0.25, -0.2) is 9.88 Å². The van der Waals surface area contributed by atoms with Crippen molar-refractivity contribution in [2.45, 2.75) is 32.6 Å². The number of fused-ring (bicyclic) bond motifs is 1. The van der Waals surface area contributed by atoms with Crippen LogP contribution < -0.4 is 4.90 Å². The molecule has 2 heterocycles. The summed E-state index contributed by atoms with van der Waals surface area (Å²) in [5.74, 6) is -0.500. The SMILES string of the molecule is CC1=CC(=O)N(c2nc3c(s2)CCCC3)C1=O. The second-order valence-electron chi connectivity index (χ2n) is 4.38. The Morgan fingerprint density at radius 3 is 2.71 bits per heavy atom. The van der Waals surface area contributed by atoms with E-state index in [9.17, 15) is 9.59 Å². The van der Waals surface area contributed by atoms with Gasteiger partial charge in [0.1, 0.15) is 0 Å². The van der Waals surface area contributed by atoms with Crippen molar-refractivity contribution in [2.75, 3.05) is 4.90 Å². The van der Waals surface area contributed by atoms with Gasteiger partial charge in [-0.2, -0.15) is 0 Å². The average molecular weight is 248 g/mol. The molecule has 0 saturated heterocycles. The third-order valence-electron chi connectivity index (χ3n) is 3.13. The van der Waals surface area contributed by atoms with Crippen LogP contribution in [-0.2, 0) is 22.4 Å². The molecule has 1 aromatic heterocycles. The van der Waals surface area contributed by atoms with Gasteiger partial charge >= 0.3 is 0 Å². The molecule has 17 heavy (non-hydrogen) atoms. The highest BCUT2D eigenvalue weighted by atomic mass is 32.1. The Morgan fingerprint density at radius 1 is 1.29 bits per heavy atom. The molecule has 0 spiro atoms. The van der Waals surface area contributed by atoms with Crippen LogP contribution in [0.4, 0.5) is 5.13 Å². The molecule has 0 unspecified atom stereocenters. The molecule has 5 heteroatoms. The van der Waals surface area contributed by atoms with Crippen molar-refractivity contribution < 1.29 is 9.59 Å². The lowest BCUT2D eigenvalue weighted by molar-refractivity contribution is -0.120. The molecule has 0 fully saturated rings. The van der Waals surface area contributed by atoms with Crippen molar-refractivity contribution in [3.05, 3.63) is 22.2 Å². The first-order chi connectivity index (χ1) is 8.16. The van der Waals surface area contributed by atoms with Gasteiger partial charge in [0.15, 0.2) is 5.13 Å². The topological polar surface area (TPSA) is 50.3 Å². The molecule has 1 aliphatic carbocycles. The number of anilines is 1. The fourth-order valence-corrected chi connectivity index (χ4v) is 3.36. The Balaban J connectivity index is 1.98. The molecule has 0 aromatic carbocycles. The molecular weight excluding hydrogens is 236 g/mol. The van der Waals surface area contributed by atoms with E-state index in [-0.39, 0.29) is 11.8 Å².